The van der Waals surface area contributed by atoms with E-state index in [2.05, 4.69) is 26.8 Å². The van der Waals surface area contributed by atoms with Gasteiger partial charge in [-0.25, -0.2) is 0 Å². The normalized spacial score (nSPS) is 51.3. The highest BCUT2D eigenvalue weighted by Gasteiger charge is 2.64. The molecule has 5 heteroatoms. The van der Waals surface area contributed by atoms with E-state index in [0.29, 0.717) is 23.7 Å². The first kappa shape index (κ1) is 20.3. The van der Waals surface area contributed by atoms with Crippen molar-refractivity contribution in [2.45, 2.75) is 83.1 Å². The molecule has 1 spiro atoms. The summed E-state index contributed by atoms with van der Waals surface area (Å²) in [5.74, 6) is 1.72. The van der Waals surface area contributed by atoms with Gasteiger partial charge >= 0.3 is 0 Å². The Morgan fingerprint density at radius 2 is 1.53 bits per heavy atom. The molecule has 2 radical (unpaired) electrons. The van der Waals surface area contributed by atoms with Crippen LogP contribution in [0.3, 0.4) is 0 Å². The van der Waals surface area contributed by atoms with Crippen LogP contribution in [-0.4, -0.2) is 45.8 Å². The van der Waals surface area contributed by atoms with Crippen molar-refractivity contribution in [1.82, 2.24) is 0 Å². The largest absolute Gasteiger partial charge is 0.348 e. The van der Waals surface area contributed by atoms with Crippen molar-refractivity contribution in [3.8, 4) is 0 Å². The molecular formula is C25H37BO4. The third-order valence-corrected chi connectivity index (χ3v) is 10.5. The first-order valence-electron chi connectivity index (χ1n) is 12.3. The first-order valence-corrected chi connectivity index (χ1v) is 12.3. The lowest BCUT2D eigenvalue weighted by Gasteiger charge is -2.61. The molecular weight excluding hydrogens is 375 g/mol. The molecule has 4 aliphatic carbocycles. The van der Waals surface area contributed by atoms with Gasteiger partial charge in [-0.1, -0.05) is 31.3 Å². The second-order valence-electron chi connectivity index (χ2n) is 11.6. The van der Waals surface area contributed by atoms with Gasteiger partial charge in [-0.3, -0.25) is 0 Å². The highest BCUT2D eigenvalue weighted by Crippen LogP contribution is 2.70. The van der Waals surface area contributed by atoms with E-state index < -0.39 is 5.79 Å². The van der Waals surface area contributed by atoms with Crippen LogP contribution in [0, 0.1) is 34.5 Å². The Hall–Kier alpha value is -0.355. The second kappa shape index (κ2) is 6.59. The van der Waals surface area contributed by atoms with E-state index in [-0.39, 0.29) is 22.4 Å². The van der Waals surface area contributed by atoms with Gasteiger partial charge in [0.25, 0.3) is 0 Å². The fraction of sp³-hybridized carbons (Fsp3) is 0.920. The summed E-state index contributed by atoms with van der Waals surface area (Å²) in [5, 5.41) is 0. The van der Waals surface area contributed by atoms with Gasteiger partial charge in [0.1, 0.15) is 0 Å². The minimum atomic E-state index is -0.408. The van der Waals surface area contributed by atoms with Gasteiger partial charge in [0, 0.05) is 18.8 Å². The third kappa shape index (κ3) is 2.61. The third-order valence-electron chi connectivity index (χ3n) is 10.5. The fourth-order valence-corrected chi connectivity index (χ4v) is 9.02. The molecule has 0 bridgehead atoms. The predicted octanol–water partition coefficient (Wildman–Crippen LogP) is 4.64. The van der Waals surface area contributed by atoms with Gasteiger partial charge in [-0.15, -0.1) is 0 Å². The molecule has 0 aromatic rings. The van der Waals surface area contributed by atoms with Crippen molar-refractivity contribution >= 4 is 7.85 Å². The summed E-state index contributed by atoms with van der Waals surface area (Å²) in [5.41, 5.74) is 2.01. The Morgan fingerprint density at radius 1 is 0.833 bits per heavy atom. The monoisotopic (exact) mass is 412 g/mol. The maximum atomic E-state index is 6.97. The van der Waals surface area contributed by atoms with Gasteiger partial charge in [0.2, 0.25) is 0 Å². The van der Waals surface area contributed by atoms with E-state index in [4.69, 9.17) is 26.8 Å². The van der Waals surface area contributed by atoms with Crippen molar-refractivity contribution in [3.63, 3.8) is 0 Å². The van der Waals surface area contributed by atoms with Gasteiger partial charge < -0.3 is 18.9 Å². The molecule has 0 N–H and O–H groups in total. The number of rotatable bonds is 1. The van der Waals surface area contributed by atoms with Gasteiger partial charge in [-0.05, 0) is 67.6 Å². The zero-order valence-corrected chi connectivity index (χ0v) is 19.0. The molecule has 0 amide bonds. The zero-order chi connectivity index (χ0) is 20.8. The molecule has 164 valence electrons. The van der Waals surface area contributed by atoms with Crippen LogP contribution in [-0.2, 0) is 18.9 Å². The molecule has 30 heavy (non-hydrogen) atoms. The quantitative estimate of drug-likeness (QED) is 0.465. The molecule has 4 nitrogen and oxygen atoms in total. The topological polar surface area (TPSA) is 36.9 Å². The minimum Gasteiger partial charge on any atom is -0.348 e. The summed E-state index contributed by atoms with van der Waals surface area (Å²) < 4.78 is 24.5. The van der Waals surface area contributed by atoms with E-state index in [9.17, 15) is 0 Å². The maximum Gasteiger partial charge on any atom is 0.172 e. The molecule has 7 unspecified atom stereocenters. The lowest BCUT2D eigenvalue weighted by Crippen LogP contribution is -2.55. The van der Waals surface area contributed by atoms with E-state index >= 15 is 0 Å². The van der Waals surface area contributed by atoms with Gasteiger partial charge in [0.15, 0.2) is 11.6 Å². The molecule has 2 saturated heterocycles. The second-order valence-corrected chi connectivity index (χ2v) is 11.6. The fourth-order valence-electron chi connectivity index (χ4n) is 9.02. The molecule has 5 fully saturated rings. The average molecular weight is 412 g/mol. The molecule has 7 atom stereocenters. The summed E-state index contributed by atoms with van der Waals surface area (Å²) in [4.78, 5) is 0. The number of allylic oxidation sites excluding steroid dienone is 1. The summed E-state index contributed by atoms with van der Waals surface area (Å²) in [6, 6.07) is 0. The van der Waals surface area contributed by atoms with Crippen LogP contribution >= 0.6 is 0 Å². The average Bonchev–Trinajstić information content (AvgIpc) is 3.43. The molecule has 3 saturated carbocycles. The lowest BCUT2D eigenvalue weighted by molar-refractivity contribution is -0.216. The zero-order valence-electron chi connectivity index (χ0n) is 19.0. The van der Waals surface area contributed by atoms with Crippen molar-refractivity contribution < 1.29 is 18.9 Å². The Morgan fingerprint density at radius 3 is 2.27 bits per heavy atom. The SMILES string of the molecule is [B]C1C=C2CC3(CCC2(C)C2CCC4(C)C(CCC4C4(C)OCCO4)C12)OCCO3. The molecule has 0 aromatic heterocycles. The van der Waals surface area contributed by atoms with Crippen LogP contribution in [0.25, 0.3) is 0 Å². The molecule has 6 rings (SSSR count). The van der Waals surface area contributed by atoms with Crippen molar-refractivity contribution in [2.75, 3.05) is 26.4 Å². The number of fused-ring (bicyclic) bond motifs is 5. The predicted molar refractivity (Wildman–Crippen MR) is 115 cm³/mol. The van der Waals surface area contributed by atoms with Crippen LogP contribution in [0.15, 0.2) is 11.6 Å². The van der Waals surface area contributed by atoms with E-state index in [1.165, 1.54) is 31.3 Å². The Labute approximate surface area is 182 Å². The van der Waals surface area contributed by atoms with Crippen LogP contribution in [0.5, 0.6) is 0 Å². The Kier molecular flexibility index (Phi) is 4.45. The van der Waals surface area contributed by atoms with Gasteiger partial charge in [0.05, 0.1) is 34.3 Å². The first-order chi connectivity index (χ1) is 14.3. The number of hydrogen-bond donors (Lipinski definition) is 0. The number of hydrogen-bond acceptors (Lipinski definition) is 4. The van der Waals surface area contributed by atoms with E-state index in [1.807, 2.05) is 0 Å². The number of ether oxygens (including phenoxy) is 4. The van der Waals surface area contributed by atoms with Gasteiger partial charge in [-0.2, -0.15) is 0 Å². The van der Waals surface area contributed by atoms with Crippen LogP contribution in [0.1, 0.15) is 65.7 Å². The standard InChI is InChI=1S/C25H37BO4/c1-22-8-9-25(29-12-13-30-25)15-16(22)14-19(26)21-17-4-5-20(24(3)27-10-11-28-24)23(17,2)7-6-18(21)22/h14,17-21H,4-13,15H2,1-3H3. The molecule has 2 heterocycles. The smallest absolute Gasteiger partial charge is 0.172 e. The Bertz CT molecular complexity index is 739. The summed E-state index contributed by atoms with van der Waals surface area (Å²) in [6.45, 7) is 10.1. The van der Waals surface area contributed by atoms with E-state index in [0.717, 1.165) is 45.7 Å². The highest BCUT2D eigenvalue weighted by atomic mass is 16.7. The summed E-state index contributed by atoms with van der Waals surface area (Å²) in [7, 11) is 6.97. The van der Waals surface area contributed by atoms with Crippen LogP contribution in [0.4, 0.5) is 0 Å². The highest BCUT2D eigenvalue weighted by molar-refractivity contribution is 6.13. The van der Waals surface area contributed by atoms with Crippen LogP contribution in [0.2, 0.25) is 5.82 Å². The van der Waals surface area contributed by atoms with Crippen molar-refractivity contribution in [3.05, 3.63) is 11.6 Å². The molecule has 0 aromatic carbocycles. The molecule has 6 aliphatic rings. The maximum absolute atomic E-state index is 6.97. The molecule has 2 aliphatic heterocycles. The summed E-state index contributed by atoms with van der Waals surface area (Å²) in [6.07, 6.45) is 10.5. The van der Waals surface area contributed by atoms with Crippen LogP contribution < -0.4 is 0 Å². The van der Waals surface area contributed by atoms with E-state index in [1.54, 1.807) is 0 Å². The van der Waals surface area contributed by atoms with Crippen molar-refractivity contribution in [1.29, 1.82) is 0 Å². The lowest BCUT2D eigenvalue weighted by atomic mass is 9.43. The Balaban J connectivity index is 1.32. The summed E-state index contributed by atoms with van der Waals surface area (Å²) >= 11 is 0. The minimum absolute atomic E-state index is 0.135. The van der Waals surface area contributed by atoms with Crippen molar-refractivity contribution in [2.24, 2.45) is 34.5 Å².